The van der Waals surface area contributed by atoms with E-state index in [1.807, 2.05) is 6.07 Å². The van der Waals surface area contributed by atoms with Crippen molar-refractivity contribution < 1.29 is 28.5 Å². The zero-order valence-electron chi connectivity index (χ0n) is 16.1. The highest BCUT2D eigenvalue weighted by molar-refractivity contribution is 5.85. The highest BCUT2D eigenvalue weighted by Crippen LogP contribution is 2.38. The van der Waals surface area contributed by atoms with Gasteiger partial charge in [0.05, 0.1) is 32.1 Å². The van der Waals surface area contributed by atoms with Crippen molar-refractivity contribution in [1.82, 2.24) is 5.43 Å². The number of hydrogen-bond acceptors (Lipinski definition) is 8. The van der Waals surface area contributed by atoms with Gasteiger partial charge in [0, 0.05) is 12.5 Å². The van der Waals surface area contributed by atoms with Crippen LogP contribution in [-0.4, -0.2) is 38.9 Å². The van der Waals surface area contributed by atoms with Crippen molar-refractivity contribution in [3.05, 3.63) is 47.5 Å². The average molecular weight is 397 g/mol. The number of nitrogens with one attached hydrogen (secondary N) is 1. The van der Waals surface area contributed by atoms with E-state index in [2.05, 4.69) is 10.5 Å². The molecule has 0 radical (unpaired) electrons. The number of methoxy groups -OCH3 is 2. The molecule has 0 aliphatic rings. The number of nitriles is 1. The molecule has 9 heteroatoms. The maximum Gasteiger partial charge on any atom is 0.308 e. The molecule has 0 aromatic heterocycles. The summed E-state index contributed by atoms with van der Waals surface area (Å²) in [6, 6.07) is 11.5. The zero-order chi connectivity index (χ0) is 21.2. The number of carbonyl (C=O) groups excluding carboxylic acids is 2. The van der Waals surface area contributed by atoms with Crippen molar-refractivity contribution >= 4 is 18.1 Å². The summed E-state index contributed by atoms with van der Waals surface area (Å²) in [5, 5.41) is 12.6. The van der Waals surface area contributed by atoms with Crippen LogP contribution in [0.15, 0.2) is 41.5 Å². The number of carbonyl (C=O) groups is 2. The Labute approximate surface area is 167 Å². The predicted octanol–water partition coefficient (Wildman–Crippen LogP) is 2.03. The summed E-state index contributed by atoms with van der Waals surface area (Å²) in [5.41, 5.74) is 3.37. The summed E-state index contributed by atoms with van der Waals surface area (Å²) in [5.74, 6) is 0.171. The molecule has 1 N–H and O–H groups in total. The van der Waals surface area contributed by atoms with Gasteiger partial charge in [0.15, 0.2) is 18.1 Å². The maximum absolute atomic E-state index is 11.8. The van der Waals surface area contributed by atoms with Crippen molar-refractivity contribution in [1.29, 1.82) is 5.26 Å². The Hall–Kier alpha value is -4.06. The van der Waals surface area contributed by atoms with Crippen LogP contribution in [0.2, 0.25) is 0 Å². The second kappa shape index (κ2) is 10.3. The number of benzene rings is 2. The SMILES string of the molecule is COc1cc(/C=N\NC(=O)COc2ccc(C#N)cc2)cc(OC)c1OC(C)=O. The average Bonchev–Trinajstić information content (AvgIpc) is 2.72. The first-order chi connectivity index (χ1) is 14.0. The first kappa shape index (κ1) is 21.2. The molecule has 0 aliphatic carbocycles. The van der Waals surface area contributed by atoms with E-state index in [0.29, 0.717) is 16.9 Å². The van der Waals surface area contributed by atoms with E-state index in [1.165, 1.54) is 27.4 Å². The molecule has 1 amide bonds. The summed E-state index contributed by atoms with van der Waals surface area (Å²) in [6.07, 6.45) is 1.38. The van der Waals surface area contributed by atoms with E-state index in [0.717, 1.165) is 0 Å². The van der Waals surface area contributed by atoms with E-state index in [-0.39, 0.29) is 23.9 Å². The van der Waals surface area contributed by atoms with Gasteiger partial charge in [-0.2, -0.15) is 10.4 Å². The van der Waals surface area contributed by atoms with Crippen LogP contribution in [0.3, 0.4) is 0 Å². The Morgan fingerprint density at radius 1 is 1.14 bits per heavy atom. The van der Waals surface area contributed by atoms with Crippen LogP contribution in [0.1, 0.15) is 18.1 Å². The Bertz CT molecular complexity index is 923. The third-order valence-corrected chi connectivity index (χ3v) is 3.48. The molecule has 0 fully saturated rings. The van der Waals surface area contributed by atoms with Gasteiger partial charge >= 0.3 is 5.97 Å². The van der Waals surface area contributed by atoms with Crippen LogP contribution in [-0.2, 0) is 9.59 Å². The minimum Gasteiger partial charge on any atom is -0.493 e. The number of ether oxygens (including phenoxy) is 4. The molecular formula is C20H19N3O6. The monoisotopic (exact) mass is 397 g/mol. The smallest absolute Gasteiger partial charge is 0.308 e. The first-order valence-electron chi connectivity index (χ1n) is 8.36. The van der Waals surface area contributed by atoms with Gasteiger partial charge in [-0.25, -0.2) is 5.43 Å². The molecule has 2 aromatic carbocycles. The highest BCUT2D eigenvalue weighted by Gasteiger charge is 2.15. The summed E-state index contributed by atoms with van der Waals surface area (Å²) in [6.45, 7) is 1.02. The molecule has 0 bridgehead atoms. The van der Waals surface area contributed by atoms with E-state index in [9.17, 15) is 9.59 Å². The fourth-order valence-corrected chi connectivity index (χ4v) is 2.20. The van der Waals surface area contributed by atoms with Crippen LogP contribution < -0.4 is 24.4 Å². The van der Waals surface area contributed by atoms with Crippen LogP contribution in [0.25, 0.3) is 0 Å². The van der Waals surface area contributed by atoms with Gasteiger partial charge in [-0.15, -0.1) is 0 Å². The molecule has 2 aromatic rings. The molecular weight excluding hydrogens is 378 g/mol. The van der Waals surface area contributed by atoms with Gasteiger partial charge in [-0.05, 0) is 36.4 Å². The summed E-state index contributed by atoms with van der Waals surface area (Å²) < 4.78 is 20.8. The van der Waals surface area contributed by atoms with E-state index in [1.54, 1.807) is 36.4 Å². The predicted molar refractivity (Wildman–Crippen MR) is 103 cm³/mol. The molecule has 2 rings (SSSR count). The summed E-state index contributed by atoms with van der Waals surface area (Å²) >= 11 is 0. The molecule has 0 spiro atoms. The van der Waals surface area contributed by atoms with Gasteiger partial charge in [0.1, 0.15) is 5.75 Å². The highest BCUT2D eigenvalue weighted by atomic mass is 16.6. The molecule has 0 aliphatic heterocycles. The Morgan fingerprint density at radius 2 is 1.76 bits per heavy atom. The van der Waals surface area contributed by atoms with Crippen molar-refractivity contribution in [2.75, 3.05) is 20.8 Å². The number of amides is 1. The van der Waals surface area contributed by atoms with Gasteiger partial charge in [-0.3, -0.25) is 9.59 Å². The van der Waals surface area contributed by atoms with Crippen LogP contribution >= 0.6 is 0 Å². The Morgan fingerprint density at radius 3 is 2.28 bits per heavy atom. The normalized spacial score (nSPS) is 10.1. The number of rotatable bonds is 8. The lowest BCUT2D eigenvalue weighted by Gasteiger charge is -2.13. The number of hydrogen-bond donors (Lipinski definition) is 1. The maximum atomic E-state index is 11.8. The molecule has 0 atom stereocenters. The second-order valence-corrected chi connectivity index (χ2v) is 5.57. The van der Waals surface area contributed by atoms with Crippen molar-refractivity contribution in [2.24, 2.45) is 5.10 Å². The van der Waals surface area contributed by atoms with E-state index >= 15 is 0 Å². The van der Waals surface area contributed by atoms with Gasteiger partial charge < -0.3 is 18.9 Å². The van der Waals surface area contributed by atoms with Crippen molar-refractivity contribution in [3.8, 4) is 29.1 Å². The number of esters is 1. The largest absolute Gasteiger partial charge is 0.493 e. The number of nitrogens with zero attached hydrogens (tertiary/aromatic N) is 2. The fourth-order valence-electron chi connectivity index (χ4n) is 2.20. The molecule has 0 saturated heterocycles. The van der Waals surface area contributed by atoms with Gasteiger partial charge in [0.25, 0.3) is 5.91 Å². The van der Waals surface area contributed by atoms with Crippen molar-refractivity contribution in [2.45, 2.75) is 6.92 Å². The topological polar surface area (TPSA) is 119 Å². The quantitative estimate of drug-likeness (QED) is 0.313. The van der Waals surface area contributed by atoms with E-state index < -0.39 is 11.9 Å². The first-order valence-corrected chi connectivity index (χ1v) is 8.36. The molecule has 9 nitrogen and oxygen atoms in total. The molecule has 29 heavy (non-hydrogen) atoms. The van der Waals surface area contributed by atoms with Crippen LogP contribution in [0.5, 0.6) is 23.0 Å². The van der Waals surface area contributed by atoms with Crippen molar-refractivity contribution in [3.63, 3.8) is 0 Å². The Balaban J connectivity index is 1.98. The van der Waals surface area contributed by atoms with Crippen LogP contribution in [0.4, 0.5) is 0 Å². The van der Waals surface area contributed by atoms with Gasteiger partial charge in [-0.1, -0.05) is 0 Å². The standard InChI is InChI=1S/C20H19N3O6/c1-13(24)29-20-17(26-2)8-15(9-18(20)27-3)11-22-23-19(25)12-28-16-6-4-14(10-21)5-7-16/h4-9,11H,12H2,1-3H3,(H,23,25)/b22-11-. The third-order valence-electron chi connectivity index (χ3n) is 3.48. The van der Waals surface area contributed by atoms with Crippen LogP contribution in [0, 0.1) is 11.3 Å². The molecule has 0 saturated carbocycles. The minimum absolute atomic E-state index is 0.152. The number of hydrazone groups is 1. The third kappa shape index (κ3) is 6.25. The lowest BCUT2D eigenvalue weighted by Crippen LogP contribution is -2.24. The molecule has 150 valence electrons. The summed E-state index contributed by atoms with van der Waals surface area (Å²) in [7, 11) is 2.84. The van der Waals surface area contributed by atoms with E-state index in [4.69, 9.17) is 24.2 Å². The Kier molecular flexibility index (Phi) is 7.56. The summed E-state index contributed by atoms with van der Waals surface area (Å²) in [4.78, 5) is 23.1. The second-order valence-electron chi connectivity index (χ2n) is 5.57. The lowest BCUT2D eigenvalue weighted by atomic mass is 10.2. The van der Waals surface area contributed by atoms with Gasteiger partial charge in [0.2, 0.25) is 5.75 Å². The molecule has 0 unspecified atom stereocenters. The minimum atomic E-state index is -0.516. The lowest BCUT2D eigenvalue weighted by molar-refractivity contribution is -0.132. The molecule has 0 heterocycles. The fraction of sp³-hybridized carbons (Fsp3) is 0.200. The zero-order valence-corrected chi connectivity index (χ0v) is 16.1.